The topological polar surface area (TPSA) is 56.6 Å². The molecule has 0 aliphatic heterocycles. The van der Waals surface area contributed by atoms with Crippen LogP contribution in [0.2, 0.25) is 0 Å². The van der Waals surface area contributed by atoms with Gasteiger partial charge in [0.1, 0.15) is 5.78 Å². The van der Waals surface area contributed by atoms with Gasteiger partial charge in [-0.1, -0.05) is 12.1 Å². The lowest BCUT2D eigenvalue weighted by molar-refractivity contribution is -0.120. The van der Waals surface area contributed by atoms with Crippen molar-refractivity contribution in [1.29, 1.82) is 5.26 Å². The molecule has 0 unspecified atom stereocenters. The third-order valence-corrected chi connectivity index (χ3v) is 3.99. The molecule has 3 heteroatoms. The fraction of sp³-hybridized carbons (Fsp3) is 0.333. The average Bonchev–Trinajstić information content (AvgIpc) is 2.88. The molecule has 90 valence electrons. The van der Waals surface area contributed by atoms with E-state index in [1.807, 2.05) is 30.5 Å². The van der Waals surface area contributed by atoms with Crippen molar-refractivity contribution >= 4 is 16.7 Å². The van der Waals surface area contributed by atoms with Gasteiger partial charge in [0.25, 0.3) is 0 Å². The van der Waals surface area contributed by atoms with Gasteiger partial charge in [-0.3, -0.25) is 4.79 Å². The number of aromatic nitrogens is 1. The van der Waals surface area contributed by atoms with Gasteiger partial charge in [0, 0.05) is 29.9 Å². The van der Waals surface area contributed by atoms with Crippen LogP contribution in [0.5, 0.6) is 0 Å². The number of nitriles is 1. The summed E-state index contributed by atoms with van der Waals surface area (Å²) in [6.45, 7) is 0. The number of ketones is 1. The number of nitrogens with one attached hydrogen (secondary N) is 1. The number of Topliss-reactive ketones (excluding diaryl/α,β-unsaturated/α-hetero) is 1. The van der Waals surface area contributed by atoms with Crippen LogP contribution < -0.4 is 0 Å². The van der Waals surface area contributed by atoms with Gasteiger partial charge in [-0.25, -0.2) is 0 Å². The minimum atomic E-state index is -0.490. The van der Waals surface area contributed by atoms with Gasteiger partial charge in [-0.05, 0) is 30.5 Å². The van der Waals surface area contributed by atoms with E-state index in [9.17, 15) is 10.1 Å². The molecule has 2 aromatic rings. The number of hydrogen-bond acceptors (Lipinski definition) is 2. The van der Waals surface area contributed by atoms with E-state index in [-0.39, 0.29) is 5.78 Å². The number of rotatable bonds is 1. The molecule has 1 N–H and O–H groups in total. The molecule has 1 saturated carbocycles. The number of benzene rings is 1. The van der Waals surface area contributed by atoms with Gasteiger partial charge in [0.2, 0.25) is 0 Å². The molecule has 0 saturated heterocycles. The molecular weight excluding hydrogens is 224 g/mol. The number of nitrogens with zero attached hydrogens (tertiary/aromatic N) is 1. The van der Waals surface area contributed by atoms with Crippen LogP contribution in [0.4, 0.5) is 0 Å². The summed E-state index contributed by atoms with van der Waals surface area (Å²) < 4.78 is 0. The van der Waals surface area contributed by atoms with E-state index < -0.39 is 5.41 Å². The average molecular weight is 238 g/mol. The van der Waals surface area contributed by atoms with E-state index in [4.69, 9.17) is 0 Å². The highest BCUT2D eigenvalue weighted by Crippen LogP contribution is 2.40. The quantitative estimate of drug-likeness (QED) is 0.830. The molecule has 1 aromatic carbocycles. The molecule has 1 aliphatic rings. The molecule has 1 aliphatic carbocycles. The zero-order chi connectivity index (χ0) is 12.6. The second-order valence-corrected chi connectivity index (χ2v) is 4.98. The molecule has 1 heterocycles. The van der Waals surface area contributed by atoms with Gasteiger partial charge < -0.3 is 4.98 Å². The minimum absolute atomic E-state index is 0.280. The summed E-state index contributed by atoms with van der Waals surface area (Å²) in [5.41, 5.74) is 1.63. The van der Waals surface area contributed by atoms with Gasteiger partial charge in [0.15, 0.2) is 0 Å². The van der Waals surface area contributed by atoms with Crippen LogP contribution in [-0.4, -0.2) is 10.8 Å². The Balaban J connectivity index is 2.15. The first-order valence-electron chi connectivity index (χ1n) is 6.25. The lowest BCUT2D eigenvalue weighted by atomic mass is 9.69. The van der Waals surface area contributed by atoms with Crippen molar-refractivity contribution in [2.75, 3.05) is 0 Å². The van der Waals surface area contributed by atoms with Crippen molar-refractivity contribution in [3.8, 4) is 6.07 Å². The van der Waals surface area contributed by atoms with Crippen molar-refractivity contribution in [1.82, 2.24) is 4.98 Å². The summed E-state index contributed by atoms with van der Waals surface area (Å²) in [7, 11) is 0. The highest BCUT2D eigenvalue weighted by molar-refractivity contribution is 5.86. The molecule has 1 aromatic heterocycles. The van der Waals surface area contributed by atoms with E-state index in [1.165, 1.54) is 0 Å². The summed E-state index contributed by atoms with van der Waals surface area (Å²) >= 11 is 0. The Bertz CT molecular complexity index is 638. The summed E-state index contributed by atoms with van der Waals surface area (Å²) in [6.07, 6.45) is 4.23. The monoisotopic (exact) mass is 238 g/mol. The Morgan fingerprint density at radius 1 is 1.22 bits per heavy atom. The first kappa shape index (κ1) is 11.0. The summed E-state index contributed by atoms with van der Waals surface area (Å²) in [6, 6.07) is 10.5. The van der Waals surface area contributed by atoms with Crippen LogP contribution in [0.25, 0.3) is 10.9 Å². The van der Waals surface area contributed by atoms with Crippen LogP contribution in [0.3, 0.4) is 0 Å². The van der Waals surface area contributed by atoms with E-state index >= 15 is 0 Å². The van der Waals surface area contributed by atoms with E-state index in [0.717, 1.165) is 16.5 Å². The van der Waals surface area contributed by atoms with Crippen LogP contribution in [0.15, 0.2) is 30.5 Å². The third-order valence-electron chi connectivity index (χ3n) is 3.99. The Kier molecular flexibility index (Phi) is 2.45. The van der Waals surface area contributed by atoms with E-state index in [1.54, 1.807) is 0 Å². The second kappa shape index (κ2) is 3.99. The number of hydrogen-bond donors (Lipinski definition) is 1. The SMILES string of the molecule is N#CC1(c2cccc3[nH]ccc23)CCC(=O)CC1. The van der Waals surface area contributed by atoms with Crippen LogP contribution in [0, 0.1) is 11.3 Å². The molecule has 3 rings (SSSR count). The predicted octanol–water partition coefficient (Wildman–Crippen LogP) is 3.07. The van der Waals surface area contributed by atoms with E-state index in [2.05, 4.69) is 11.1 Å². The molecule has 1 fully saturated rings. The maximum atomic E-state index is 11.4. The normalized spacial score (nSPS) is 18.7. The van der Waals surface area contributed by atoms with Gasteiger partial charge in [-0.2, -0.15) is 5.26 Å². The van der Waals surface area contributed by atoms with Crippen molar-refractivity contribution in [3.05, 3.63) is 36.0 Å². The van der Waals surface area contributed by atoms with Gasteiger partial charge in [-0.15, -0.1) is 0 Å². The van der Waals surface area contributed by atoms with Crippen molar-refractivity contribution in [3.63, 3.8) is 0 Å². The molecule has 0 amide bonds. The summed E-state index contributed by atoms with van der Waals surface area (Å²) in [5.74, 6) is 0.280. The van der Waals surface area contributed by atoms with Crippen molar-refractivity contribution < 1.29 is 4.79 Å². The third kappa shape index (κ3) is 1.53. The molecule has 18 heavy (non-hydrogen) atoms. The fourth-order valence-corrected chi connectivity index (χ4v) is 2.90. The van der Waals surface area contributed by atoms with E-state index in [0.29, 0.717) is 25.7 Å². The van der Waals surface area contributed by atoms with Gasteiger partial charge >= 0.3 is 0 Å². The Hall–Kier alpha value is -2.08. The second-order valence-electron chi connectivity index (χ2n) is 4.98. The molecule has 0 atom stereocenters. The Labute approximate surface area is 105 Å². The molecule has 0 spiro atoms. The number of aromatic amines is 1. The zero-order valence-corrected chi connectivity index (χ0v) is 10.1. The van der Waals surface area contributed by atoms with Crippen molar-refractivity contribution in [2.45, 2.75) is 31.1 Å². The Morgan fingerprint density at radius 2 is 2.00 bits per heavy atom. The molecular formula is C15H14N2O. The maximum Gasteiger partial charge on any atom is 0.133 e. The van der Waals surface area contributed by atoms with Crippen molar-refractivity contribution in [2.24, 2.45) is 0 Å². The number of carbonyl (C=O) groups is 1. The van der Waals surface area contributed by atoms with Crippen LogP contribution in [0.1, 0.15) is 31.2 Å². The molecule has 0 radical (unpaired) electrons. The lowest BCUT2D eigenvalue weighted by Crippen LogP contribution is -2.30. The number of H-pyrrole nitrogens is 1. The highest BCUT2D eigenvalue weighted by atomic mass is 16.1. The maximum absolute atomic E-state index is 11.4. The Morgan fingerprint density at radius 3 is 2.72 bits per heavy atom. The minimum Gasteiger partial charge on any atom is -0.361 e. The van der Waals surface area contributed by atoms with Crippen LogP contribution in [-0.2, 0) is 10.2 Å². The number of fused-ring (bicyclic) bond motifs is 1. The highest BCUT2D eigenvalue weighted by Gasteiger charge is 2.37. The predicted molar refractivity (Wildman–Crippen MR) is 69.1 cm³/mol. The summed E-state index contributed by atoms with van der Waals surface area (Å²) in [4.78, 5) is 14.6. The standard InChI is InChI=1S/C15H14N2O/c16-10-15(7-4-11(18)5-8-15)13-2-1-3-14-12(13)6-9-17-14/h1-3,6,9,17H,4-5,7-8H2. The number of carbonyl (C=O) groups excluding carboxylic acids is 1. The summed E-state index contributed by atoms with van der Waals surface area (Å²) in [5, 5.41) is 10.7. The van der Waals surface area contributed by atoms with Gasteiger partial charge in [0.05, 0.1) is 11.5 Å². The fourth-order valence-electron chi connectivity index (χ4n) is 2.90. The largest absolute Gasteiger partial charge is 0.361 e. The lowest BCUT2D eigenvalue weighted by Gasteiger charge is -2.31. The first-order valence-corrected chi connectivity index (χ1v) is 6.25. The first-order chi connectivity index (χ1) is 8.75. The molecule has 0 bridgehead atoms. The molecule has 3 nitrogen and oxygen atoms in total. The smallest absolute Gasteiger partial charge is 0.133 e. The van der Waals surface area contributed by atoms with Crippen LogP contribution >= 0.6 is 0 Å². The zero-order valence-electron chi connectivity index (χ0n) is 10.1.